The quantitative estimate of drug-likeness (QED) is 0.225. The molecule has 1 aliphatic rings. The molecule has 1 amide bonds. The van der Waals surface area contributed by atoms with Gasteiger partial charge in [-0.15, -0.1) is 0 Å². The number of allylic oxidation sites excluding steroid dienone is 1. The van der Waals surface area contributed by atoms with E-state index in [2.05, 4.69) is 36.6 Å². The van der Waals surface area contributed by atoms with Crippen LogP contribution in [0.25, 0.3) is 0 Å². The Labute approximate surface area is 244 Å². The van der Waals surface area contributed by atoms with Crippen LogP contribution in [0.1, 0.15) is 29.7 Å². The number of fused-ring (bicyclic) bond motifs is 1. The second-order valence-corrected chi connectivity index (χ2v) is 10.6. The van der Waals surface area contributed by atoms with Crippen LogP contribution in [0.3, 0.4) is 0 Å². The number of para-hydroxylation sites is 1. The molecule has 0 saturated heterocycles. The van der Waals surface area contributed by atoms with Gasteiger partial charge in [0.05, 0.1) is 17.2 Å². The Bertz CT molecular complexity index is 1600. The molecule has 1 aliphatic heterocycles. The summed E-state index contributed by atoms with van der Waals surface area (Å²) in [5, 5.41) is 11.7. The van der Waals surface area contributed by atoms with E-state index in [1.165, 1.54) is 6.33 Å². The van der Waals surface area contributed by atoms with E-state index in [1.807, 2.05) is 56.3 Å². The second-order valence-electron chi connectivity index (χ2n) is 8.92. The normalized spacial score (nSPS) is 14.5. The summed E-state index contributed by atoms with van der Waals surface area (Å²) in [5.74, 6) is 1.23. The monoisotopic (exact) mass is 627 g/mol. The zero-order valence-corrected chi connectivity index (χ0v) is 24.4. The van der Waals surface area contributed by atoms with Gasteiger partial charge in [-0.25, -0.2) is 4.68 Å². The van der Waals surface area contributed by atoms with Gasteiger partial charge in [0.25, 0.3) is 5.91 Å². The van der Waals surface area contributed by atoms with Gasteiger partial charge < -0.3 is 20.1 Å². The van der Waals surface area contributed by atoms with Gasteiger partial charge in [0.1, 0.15) is 19.0 Å². The average Bonchev–Trinajstić information content (AvgIpc) is 3.37. The largest absolute Gasteiger partial charge is 0.493 e. The number of hydrogen-bond acceptors (Lipinski definition) is 6. The van der Waals surface area contributed by atoms with E-state index in [-0.39, 0.29) is 12.5 Å². The number of halogens is 3. The van der Waals surface area contributed by atoms with Gasteiger partial charge in [-0.05, 0) is 71.2 Å². The number of carbonyl (C=O) groups excluding carboxylic acids is 1. The summed E-state index contributed by atoms with van der Waals surface area (Å²) in [6, 6.07) is 16.0. The molecule has 0 saturated carbocycles. The molecule has 200 valence electrons. The zero-order valence-electron chi connectivity index (χ0n) is 21.3. The predicted molar refractivity (Wildman–Crippen MR) is 156 cm³/mol. The molecule has 3 aromatic carbocycles. The number of ether oxygens (including phenoxy) is 2. The van der Waals surface area contributed by atoms with Crippen molar-refractivity contribution in [3.05, 3.63) is 103 Å². The minimum Gasteiger partial charge on any atom is -0.493 e. The zero-order chi connectivity index (χ0) is 27.7. The number of aromatic nitrogens is 3. The van der Waals surface area contributed by atoms with Crippen LogP contribution < -0.4 is 20.1 Å². The van der Waals surface area contributed by atoms with Crippen LogP contribution in [0, 0.1) is 6.92 Å². The third-order valence-corrected chi connectivity index (χ3v) is 7.56. The molecule has 0 radical (unpaired) electrons. The van der Waals surface area contributed by atoms with Crippen molar-refractivity contribution in [3.8, 4) is 11.5 Å². The first-order valence-electron chi connectivity index (χ1n) is 11.9. The number of nitrogens with zero attached hydrogens (tertiary/aromatic N) is 3. The van der Waals surface area contributed by atoms with Gasteiger partial charge in [0.2, 0.25) is 5.95 Å². The van der Waals surface area contributed by atoms with Gasteiger partial charge in [0, 0.05) is 27.0 Å². The van der Waals surface area contributed by atoms with Crippen molar-refractivity contribution in [2.75, 3.05) is 17.7 Å². The van der Waals surface area contributed by atoms with Crippen LogP contribution in [0.4, 0.5) is 11.6 Å². The topological polar surface area (TPSA) is 90.3 Å². The smallest absolute Gasteiger partial charge is 0.255 e. The summed E-state index contributed by atoms with van der Waals surface area (Å²) in [7, 11) is 1.56. The number of benzene rings is 3. The summed E-state index contributed by atoms with van der Waals surface area (Å²) in [4.78, 5) is 18.0. The van der Waals surface area contributed by atoms with Crippen molar-refractivity contribution in [1.82, 2.24) is 14.8 Å². The van der Waals surface area contributed by atoms with Crippen molar-refractivity contribution in [2.45, 2.75) is 26.5 Å². The van der Waals surface area contributed by atoms with E-state index in [4.69, 9.17) is 32.7 Å². The molecule has 1 atom stereocenters. The lowest BCUT2D eigenvalue weighted by molar-refractivity contribution is -0.113. The van der Waals surface area contributed by atoms with Crippen molar-refractivity contribution in [2.24, 2.45) is 0 Å². The van der Waals surface area contributed by atoms with Crippen LogP contribution in [0.2, 0.25) is 10.0 Å². The molecule has 0 aliphatic carbocycles. The molecule has 39 heavy (non-hydrogen) atoms. The van der Waals surface area contributed by atoms with Gasteiger partial charge in [-0.2, -0.15) is 10.1 Å². The molecule has 4 aromatic rings. The molecule has 1 aromatic heterocycles. The SMILES string of the molecule is COc1cc(C2C(C(=O)Nc3ccccc3C)=C(C)Nc3ncnn32)cc(Br)c1OCc1ccc(Cl)cc1Cl. The molecule has 2 N–H and O–H groups in total. The molecule has 5 rings (SSSR count). The maximum absolute atomic E-state index is 13.7. The maximum Gasteiger partial charge on any atom is 0.255 e. The van der Waals surface area contributed by atoms with Gasteiger partial charge in [0.15, 0.2) is 11.5 Å². The molecule has 0 fully saturated rings. The number of hydrogen-bond donors (Lipinski definition) is 2. The Morgan fingerprint density at radius 3 is 2.69 bits per heavy atom. The van der Waals surface area contributed by atoms with Crippen LogP contribution in [0.5, 0.6) is 11.5 Å². The predicted octanol–water partition coefficient (Wildman–Crippen LogP) is 7.17. The third kappa shape index (κ3) is 5.48. The molecular weight excluding hydrogens is 605 g/mol. The lowest BCUT2D eigenvalue weighted by Gasteiger charge is -2.29. The first kappa shape index (κ1) is 27.1. The molecule has 0 spiro atoms. The highest BCUT2D eigenvalue weighted by Crippen LogP contribution is 2.43. The number of aryl methyl sites for hydroxylation is 1. The van der Waals surface area contributed by atoms with Crippen LogP contribution in [0.15, 0.2) is 76.7 Å². The van der Waals surface area contributed by atoms with Crippen LogP contribution in [-0.4, -0.2) is 27.8 Å². The summed E-state index contributed by atoms with van der Waals surface area (Å²) >= 11 is 16.0. The maximum atomic E-state index is 13.7. The highest BCUT2D eigenvalue weighted by molar-refractivity contribution is 9.10. The fraction of sp³-hybridized carbons (Fsp3) is 0.179. The van der Waals surface area contributed by atoms with E-state index in [0.717, 1.165) is 22.4 Å². The number of methoxy groups -OCH3 is 1. The molecular formula is C28H24BrCl2N5O3. The number of anilines is 2. The standard InChI is InChI=1S/C28H24BrCl2N5O3/c1-15-6-4-5-7-22(15)35-27(37)24-16(2)34-28-32-14-33-36(28)25(24)18-10-20(29)26(23(11-18)38-3)39-13-17-8-9-19(30)12-21(17)31/h4-12,14,25H,13H2,1-3H3,(H,35,37)(H,32,33,34). The fourth-order valence-electron chi connectivity index (χ4n) is 4.42. The minimum atomic E-state index is -0.585. The van der Waals surface area contributed by atoms with Gasteiger partial charge >= 0.3 is 0 Å². The average molecular weight is 629 g/mol. The van der Waals surface area contributed by atoms with E-state index >= 15 is 0 Å². The molecule has 8 nitrogen and oxygen atoms in total. The summed E-state index contributed by atoms with van der Waals surface area (Å²) < 4.78 is 14.1. The van der Waals surface area contributed by atoms with E-state index < -0.39 is 6.04 Å². The van der Waals surface area contributed by atoms with Gasteiger partial charge in [-0.3, -0.25) is 4.79 Å². The summed E-state index contributed by atoms with van der Waals surface area (Å²) in [5.41, 5.74) is 4.37. The second kappa shape index (κ2) is 11.3. The number of carbonyl (C=O) groups is 1. The highest BCUT2D eigenvalue weighted by Gasteiger charge is 2.34. The van der Waals surface area contributed by atoms with Crippen molar-refractivity contribution < 1.29 is 14.3 Å². The minimum absolute atomic E-state index is 0.202. The lowest BCUT2D eigenvalue weighted by Crippen LogP contribution is -2.31. The molecule has 2 heterocycles. The van der Waals surface area contributed by atoms with Crippen LogP contribution in [-0.2, 0) is 11.4 Å². The number of amides is 1. The Kier molecular flexibility index (Phi) is 7.83. The van der Waals surface area contributed by atoms with E-state index in [0.29, 0.717) is 43.2 Å². The first-order chi connectivity index (χ1) is 18.8. The van der Waals surface area contributed by atoms with Gasteiger partial charge in [-0.1, -0.05) is 47.5 Å². The summed E-state index contributed by atoms with van der Waals surface area (Å²) in [6.07, 6.45) is 1.45. The third-order valence-electron chi connectivity index (χ3n) is 6.39. The lowest BCUT2D eigenvalue weighted by atomic mass is 9.94. The molecule has 0 bridgehead atoms. The van der Waals surface area contributed by atoms with Crippen molar-refractivity contribution >= 4 is 56.7 Å². The molecule has 1 unspecified atom stereocenters. The Balaban J connectivity index is 1.52. The van der Waals surface area contributed by atoms with E-state index in [1.54, 1.807) is 23.9 Å². The van der Waals surface area contributed by atoms with Crippen LogP contribution >= 0.6 is 39.1 Å². The Hall–Kier alpha value is -3.53. The number of rotatable bonds is 7. The first-order valence-corrected chi connectivity index (χ1v) is 13.5. The van der Waals surface area contributed by atoms with E-state index in [9.17, 15) is 4.79 Å². The van der Waals surface area contributed by atoms with Crippen molar-refractivity contribution in [3.63, 3.8) is 0 Å². The molecule has 11 heteroatoms. The Morgan fingerprint density at radius 2 is 1.95 bits per heavy atom. The highest BCUT2D eigenvalue weighted by atomic mass is 79.9. The fourth-order valence-corrected chi connectivity index (χ4v) is 5.46. The summed E-state index contributed by atoms with van der Waals surface area (Å²) in [6.45, 7) is 3.99. The van der Waals surface area contributed by atoms with Crippen molar-refractivity contribution in [1.29, 1.82) is 0 Å². The number of nitrogens with one attached hydrogen (secondary N) is 2. The Morgan fingerprint density at radius 1 is 1.15 bits per heavy atom.